The maximum absolute atomic E-state index is 12.4. The normalized spacial score (nSPS) is 23.7. The molecular weight excluding hydrogens is 318 g/mol. The number of rotatable bonds is 4. The molecule has 130 valence electrons. The maximum atomic E-state index is 12.4. The van der Waals surface area contributed by atoms with Crippen LogP contribution in [-0.4, -0.2) is 40.4 Å². The van der Waals surface area contributed by atoms with Crippen molar-refractivity contribution in [3.63, 3.8) is 0 Å². The van der Waals surface area contributed by atoms with Crippen molar-refractivity contribution in [2.45, 2.75) is 57.2 Å². The second-order valence-corrected chi connectivity index (χ2v) is 8.33. The van der Waals surface area contributed by atoms with Crippen molar-refractivity contribution in [1.29, 1.82) is 0 Å². The highest BCUT2D eigenvalue weighted by atomic mass is 32.2. The van der Waals surface area contributed by atoms with Gasteiger partial charge in [0.05, 0.1) is 12.6 Å². The fourth-order valence-corrected chi connectivity index (χ4v) is 4.41. The highest BCUT2D eigenvalue weighted by molar-refractivity contribution is 8.14. The van der Waals surface area contributed by atoms with Crippen LogP contribution in [0.4, 0.5) is 5.69 Å². The number of benzene rings is 1. The number of hydrogen-bond donors (Lipinski definition) is 1. The smallest absolute Gasteiger partial charge is 0.243 e. The predicted molar refractivity (Wildman–Crippen MR) is 103 cm³/mol. The lowest BCUT2D eigenvalue weighted by Crippen LogP contribution is -2.35. The Morgan fingerprint density at radius 3 is 2.67 bits per heavy atom. The molecule has 1 N–H and O–H groups in total. The largest absolute Gasteiger partial charge is 0.341 e. The fourth-order valence-electron chi connectivity index (χ4n) is 3.30. The van der Waals surface area contributed by atoms with Crippen molar-refractivity contribution in [1.82, 2.24) is 4.90 Å². The van der Waals surface area contributed by atoms with Gasteiger partial charge in [-0.05, 0) is 31.9 Å². The molecule has 5 heteroatoms. The van der Waals surface area contributed by atoms with Gasteiger partial charge in [-0.15, -0.1) is 0 Å². The minimum Gasteiger partial charge on any atom is -0.341 e. The van der Waals surface area contributed by atoms with Crippen LogP contribution in [0.3, 0.4) is 0 Å². The predicted octanol–water partition coefficient (Wildman–Crippen LogP) is 4.06. The molecular formula is C19H27N3OS. The van der Waals surface area contributed by atoms with Gasteiger partial charge < -0.3 is 10.2 Å². The molecule has 1 amide bonds. The molecule has 4 nitrogen and oxygen atoms in total. The molecule has 1 aliphatic carbocycles. The monoisotopic (exact) mass is 345 g/mol. The summed E-state index contributed by atoms with van der Waals surface area (Å²) in [5.41, 5.74) is 2.05. The lowest BCUT2D eigenvalue weighted by molar-refractivity contribution is -0.116. The third-order valence-corrected chi connectivity index (χ3v) is 5.72. The van der Waals surface area contributed by atoms with Gasteiger partial charge in [-0.25, -0.2) is 0 Å². The molecule has 0 spiro atoms. The molecule has 0 radical (unpaired) electrons. The zero-order chi connectivity index (χ0) is 16.9. The van der Waals surface area contributed by atoms with Gasteiger partial charge >= 0.3 is 0 Å². The minimum absolute atomic E-state index is 0.0323. The number of anilines is 1. The summed E-state index contributed by atoms with van der Waals surface area (Å²) in [6.07, 6.45) is 6.31. The van der Waals surface area contributed by atoms with Crippen LogP contribution in [0, 0.1) is 6.92 Å². The van der Waals surface area contributed by atoms with Crippen LogP contribution in [-0.2, 0) is 4.79 Å². The Hall–Kier alpha value is -1.49. The number of thioether (sulfide) groups is 1. The number of amidine groups is 1. The number of carbonyl (C=O) groups excluding carboxylic acids is 1. The number of aryl methyl sites for hydroxylation is 1. The first-order valence-corrected chi connectivity index (χ1v) is 9.84. The van der Waals surface area contributed by atoms with E-state index in [1.165, 1.54) is 37.7 Å². The van der Waals surface area contributed by atoms with E-state index in [0.717, 1.165) is 17.4 Å². The van der Waals surface area contributed by atoms with Crippen molar-refractivity contribution in [2.75, 3.05) is 18.4 Å². The van der Waals surface area contributed by atoms with Crippen LogP contribution in [0.5, 0.6) is 0 Å². The quantitative estimate of drug-likeness (QED) is 0.895. The Bertz CT molecular complexity index is 593. The van der Waals surface area contributed by atoms with Crippen molar-refractivity contribution in [3.05, 3.63) is 29.8 Å². The molecule has 1 atom stereocenters. The van der Waals surface area contributed by atoms with Crippen molar-refractivity contribution in [3.8, 4) is 0 Å². The Labute approximate surface area is 149 Å². The molecule has 2 fully saturated rings. The van der Waals surface area contributed by atoms with Crippen LogP contribution < -0.4 is 5.32 Å². The zero-order valence-electron chi connectivity index (χ0n) is 14.6. The zero-order valence-corrected chi connectivity index (χ0v) is 15.4. The third-order valence-electron chi connectivity index (χ3n) is 4.59. The van der Waals surface area contributed by atoms with Gasteiger partial charge in [-0.1, -0.05) is 55.6 Å². The van der Waals surface area contributed by atoms with E-state index < -0.39 is 0 Å². The molecule has 3 rings (SSSR count). The summed E-state index contributed by atoms with van der Waals surface area (Å²) in [5, 5.41) is 4.55. The lowest BCUT2D eigenvalue weighted by atomic mass is 9.96. The molecule has 0 bridgehead atoms. The van der Waals surface area contributed by atoms with Gasteiger partial charge in [0, 0.05) is 17.5 Å². The molecule has 1 saturated heterocycles. The molecule has 24 heavy (non-hydrogen) atoms. The maximum Gasteiger partial charge on any atom is 0.243 e. The average molecular weight is 346 g/mol. The van der Waals surface area contributed by atoms with Crippen LogP contribution in [0.2, 0.25) is 0 Å². The first kappa shape index (κ1) is 17.3. The van der Waals surface area contributed by atoms with E-state index >= 15 is 0 Å². The summed E-state index contributed by atoms with van der Waals surface area (Å²) in [7, 11) is 0. The SMILES string of the molecule is Cc1ccc(NC(=O)CN2C[C@@H](C)SC2=NC2CCCCC2)cc1. The van der Waals surface area contributed by atoms with E-state index in [1.54, 1.807) is 0 Å². The van der Waals surface area contributed by atoms with Gasteiger partial charge in [0.2, 0.25) is 5.91 Å². The Kier molecular flexibility index (Phi) is 5.82. The summed E-state index contributed by atoms with van der Waals surface area (Å²) < 4.78 is 0. The number of amides is 1. The molecule has 1 heterocycles. The van der Waals surface area contributed by atoms with Gasteiger partial charge in [0.15, 0.2) is 5.17 Å². The van der Waals surface area contributed by atoms with E-state index in [-0.39, 0.29) is 5.91 Å². The van der Waals surface area contributed by atoms with E-state index in [4.69, 9.17) is 4.99 Å². The summed E-state index contributed by atoms with van der Waals surface area (Å²) in [6, 6.07) is 8.38. The molecule has 1 saturated carbocycles. The molecule has 1 aromatic carbocycles. The van der Waals surface area contributed by atoms with Gasteiger partial charge in [0.25, 0.3) is 0 Å². The van der Waals surface area contributed by atoms with Crippen LogP contribution in [0.25, 0.3) is 0 Å². The van der Waals surface area contributed by atoms with Crippen LogP contribution in [0.1, 0.15) is 44.6 Å². The Balaban J connectivity index is 1.60. The summed E-state index contributed by atoms with van der Waals surface area (Å²) in [4.78, 5) is 19.5. The topological polar surface area (TPSA) is 44.7 Å². The number of aliphatic imine (C=N–C) groups is 1. The highest BCUT2D eigenvalue weighted by Crippen LogP contribution is 2.28. The molecule has 0 unspecified atom stereocenters. The molecule has 2 aliphatic rings. The Morgan fingerprint density at radius 2 is 1.96 bits per heavy atom. The Morgan fingerprint density at radius 1 is 1.25 bits per heavy atom. The second kappa shape index (κ2) is 8.06. The molecule has 1 aromatic rings. The minimum atomic E-state index is 0.0323. The van der Waals surface area contributed by atoms with Crippen LogP contribution in [0.15, 0.2) is 29.3 Å². The van der Waals surface area contributed by atoms with Gasteiger partial charge in [-0.2, -0.15) is 0 Å². The van der Waals surface area contributed by atoms with Crippen LogP contribution >= 0.6 is 11.8 Å². The van der Waals surface area contributed by atoms with Crippen molar-refractivity contribution >= 4 is 28.5 Å². The summed E-state index contributed by atoms with van der Waals surface area (Å²) in [6.45, 7) is 5.54. The first-order chi connectivity index (χ1) is 11.6. The first-order valence-electron chi connectivity index (χ1n) is 8.96. The summed E-state index contributed by atoms with van der Waals surface area (Å²) >= 11 is 1.81. The number of nitrogens with zero attached hydrogens (tertiary/aromatic N) is 2. The molecule has 1 aliphatic heterocycles. The van der Waals surface area contributed by atoms with Gasteiger partial charge in [-0.3, -0.25) is 9.79 Å². The van der Waals surface area contributed by atoms with Crippen molar-refractivity contribution in [2.24, 2.45) is 4.99 Å². The molecule has 0 aromatic heterocycles. The fraction of sp³-hybridized carbons (Fsp3) is 0.579. The highest BCUT2D eigenvalue weighted by Gasteiger charge is 2.28. The van der Waals surface area contributed by atoms with Crippen molar-refractivity contribution < 1.29 is 4.79 Å². The summed E-state index contributed by atoms with van der Waals surface area (Å²) in [5.74, 6) is 0.0323. The lowest BCUT2D eigenvalue weighted by Gasteiger charge is -2.22. The third kappa shape index (κ3) is 4.76. The number of nitrogens with one attached hydrogen (secondary N) is 1. The van der Waals surface area contributed by atoms with E-state index in [0.29, 0.717) is 17.8 Å². The van der Waals surface area contributed by atoms with E-state index in [2.05, 4.69) is 17.1 Å². The van der Waals surface area contributed by atoms with E-state index in [1.807, 2.05) is 43.0 Å². The van der Waals surface area contributed by atoms with Gasteiger partial charge in [0.1, 0.15) is 0 Å². The second-order valence-electron chi connectivity index (χ2n) is 6.93. The number of hydrogen-bond acceptors (Lipinski definition) is 3. The van der Waals surface area contributed by atoms with E-state index in [9.17, 15) is 4.79 Å². The standard InChI is InChI=1S/C19H27N3OS/c1-14-8-10-17(11-9-14)20-18(23)13-22-12-15(2)24-19(22)21-16-6-4-3-5-7-16/h8-11,15-16H,3-7,12-13H2,1-2H3,(H,20,23)/t15-/m1/s1. The average Bonchev–Trinajstić information content (AvgIpc) is 2.89. The number of carbonyl (C=O) groups is 1.